The Morgan fingerprint density at radius 2 is 1.82 bits per heavy atom. The van der Waals surface area contributed by atoms with Gasteiger partial charge in [-0.1, -0.05) is 17.7 Å². The van der Waals surface area contributed by atoms with Crippen LogP contribution in [0.25, 0.3) is 0 Å². The normalized spacial score (nSPS) is 16.2. The third kappa shape index (κ3) is 5.38. The minimum Gasteiger partial charge on any atom is -0.486 e. The lowest BCUT2D eigenvalue weighted by Crippen LogP contribution is -2.40. The van der Waals surface area contributed by atoms with Crippen molar-refractivity contribution < 1.29 is 37.0 Å². The molecule has 0 spiro atoms. The summed E-state index contributed by atoms with van der Waals surface area (Å²) in [6.45, 7) is 1.28. The van der Waals surface area contributed by atoms with Gasteiger partial charge < -0.3 is 24.3 Å². The lowest BCUT2D eigenvalue weighted by Gasteiger charge is -2.26. The van der Waals surface area contributed by atoms with Crippen molar-refractivity contribution in [1.82, 2.24) is 4.31 Å². The molecule has 12 heteroatoms. The van der Waals surface area contributed by atoms with E-state index in [0.717, 1.165) is 0 Å². The number of fused-ring (bicyclic) bond motifs is 1. The zero-order valence-electron chi connectivity index (χ0n) is 17.4. The van der Waals surface area contributed by atoms with Gasteiger partial charge in [-0.25, -0.2) is 13.2 Å². The molecular formula is C21H21ClN2O8S. The number of hydrogen-bond donors (Lipinski definition) is 1. The fourth-order valence-corrected chi connectivity index (χ4v) is 5.03. The van der Waals surface area contributed by atoms with Crippen molar-refractivity contribution in [2.75, 3.05) is 51.4 Å². The third-order valence-electron chi connectivity index (χ3n) is 4.89. The van der Waals surface area contributed by atoms with Gasteiger partial charge in [0.1, 0.15) is 13.2 Å². The molecule has 2 heterocycles. The van der Waals surface area contributed by atoms with E-state index in [2.05, 4.69) is 5.32 Å². The summed E-state index contributed by atoms with van der Waals surface area (Å²) >= 11 is 6.12. The monoisotopic (exact) mass is 496 g/mol. The van der Waals surface area contributed by atoms with Gasteiger partial charge >= 0.3 is 5.97 Å². The molecule has 33 heavy (non-hydrogen) atoms. The summed E-state index contributed by atoms with van der Waals surface area (Å²) in [4.78, 5) is 24.7. The van der Waals surface area contributed by atoms with E-state index in [1.807, 2.05) is 0 Å². The quantitative estimate of drug-likeness (QED) is 0.602. The molecule has 0 radical (unpaired) electrons. The minimum absolute atomic E-state index is 0.0464. The van der Waals surface area contributed by atoms with Crippen molar-refractivity contribution in [2.45, 2.75) is 4.90 Å². The number of esters is 1. The van der Waals surface area contributed by atoms with Gasteiger partial charge in [0.25, 0.3) is 5.91 Å². The average molecular weight is 497 g/mol. The Hall–Kier alpha value is -2.86. The van der Waals surface area contributed by atoms with Crippen molar-refractivity contribution in [2.24, 2.45) is 0 Å². The van der Waals surface area contributed by atoms with E-state index in [9.17, 15) is 18.0 Å². The van der Waals surface area contributed by atoms with E-state index in [-0.39, 0.29) is 34.3 Å². The highest BCUT2D eigenvalue weighted by molar-refractivity contribution is 7.89. The fraction of sp³-hybridized carbons (Fsp3) is 0.333. The number of nitrogens with one attached hydrogen (secondary N) is 1. The van der Waals surface area contributed by atoms with Gasteiger partial charge in [-0.2, -0.15) is 4.31 Å². The number of hydrogen-bond acceptors (Lipinski definition) is 8. The Bertz CT molecular complexity index is 1160. The topological polar surface area (TPSA) is 120 Å². The SMILES string of the molecule is O=C(COC(=O)c1cc(Cl)c2c(c1)OCCO2)Nc1cccc(S(=O)(=O)N2CCOCC2)c1. The second-order valence-corrected chi connectivity index (χ2v) is 9.50. The number of carbonyl (C=O) groups excluding carboxylic acids is 2. The molecule has 2 aliphatic heterocycles. The molecule has 176 valence electrons. The fourth-order valence-electron chi connectivity index (χ4n) is 3.31. The Kier molecular flexibility index (Phi) is 7.03. The second kappa shape index (κ2) is 9.96. The van der Waals surface area contributed by atoms with Gasteiger partial charge in [0.05, 0.1) is 28.7 Å². The van der Waals surface area contributed by atoms with E-state index in [1.165, 1.54) is 34.6 Å². The van der Waals surface area contributed by atoms with Crippen LogP contribution in [0.3, 0.4) is 0 Å². The molecule has 0 saturated carbocycles. The van der Waals surface area contributed by atoms with Crippen LogP contribution in [0.2, 0.25) is 5.02 Å². The first-order valence-electron chi connectivity index (χ1n) is 10.1. The summed E-state index contributed by atoms with van der Waals surface area (Å²) in [6, 6.07) is 8.66. The molecule has 1 N–H and O–H groups in total. The smallest absolute Gasteiger partial charge is 0.338 e. The maximum Gasteiger partial charge on any atom is 0.338 e. The molecule has 4 rings (SSSR count). The summed E-state index contributed by atoms with van der Waals surface area (Å²) in [5.74, 6) is -0.729. The number of benzene rings is 2. The molecule has 0 atom stereocenters. The van der Waals surface area contributed by atoms with Crippen LogP contribution in [-0.2, 0) is 24.3 Å². The van der Waals surface area contributed by atoms with Gasteiger partial charge in [-0.15, -0.1) is 0 Å². The molecule has 2 aromatic rings. The molecule has 1 amide bonds. The van der Waals surface area contributed by atoms with Crippen LogP contribution >= 0.6 is 11.6 Å². The number of nitrogens with zero attached hydrogens (tertiary/aromatic N) is 1. The van der Waals surface area contributed by atoms with Gasteiger partial charge in [-0.05, 0) is 30.3 Å². The number of morpholine rings is 1. The number of ether oxygens (including phenoxy) is 4. The van der Waals surface area contributed by atoms with Crippen LogP contribution < -0.4 is 14.8 Å². The molecular weight excluding hydrogens is 476 g/mol. The van der Waals surface area contributed by atoms with Gasteiger partial charge in [0.15, 0.2) is 18.1 Å². The van der Waals surface area contributed by atoms with Crippen molar-refractivity contribution in [1.29, 1.82) is 0 Å². The van der Waals surface area contributed by atoms with Crippen LogP contribution in [-0.4, -0.2) is 70.7 Å². The van der Waals surface area contributed by atoms with Gasteiger partial charge in [0, 0.05) is 18.8 Å². The van der Waals surface area contributed by atoms with Crippen molar-refractivity contribution in [3.05, 3.63) is 47.0 Å². The molecule has 0 bridgehead atoms. The molecule has 10 nitrogen and oxygen atoms in total. The van der Waals surface area contributed by atoms with Crippen LogP contribution in [0.5, 0.6) is 11.5 Å². The van der Waals surface area contributed by atoms with Crippen molar-refractivity contribution in [3.63, 3.8) is 0 Å². The molecule has 2 aliphatic rings. The highest BCUT2D eigenvalue weighted by Gasteiger charge is 2.26. The van der Waals surface area contributed by atoms with Crippen LogP contribution in [0.4, 0.5) is 5.69 Å². The maximum atomic E-state index is 12.8. The van der Waals surface area contributed by atoms with Gasteiger partial charge in [-0.3, -0.25) is 4.79 Å². The lowest BCUT2D eigenvalue weighted by molar-refractivity contribution is -0.119. The van der Waals surface area contributed by atoms with E-state index in [0.29, 0.717) is 37.9 Å². The Morgan fingerprint density at radius 3 is 2.61 bits per heavy atom. The van der Waals surface area contributed by atoms with Crippen molar-refractivity contribution in [3.8, 4) is 11.5 Å². The summed E-state index contributed by atoms with van der Waals surface area (Å²) < 4.78 is 48.0. The standard InChI is InChI=1S/C21H21ClN2O8S/c22-17-10-14(11-18-20(17)31-9-8-30-18)21(26)32-13-19(25)23-15-2-1-3-16(12-15)33(27,28)24-4-6-29-7-5-24/h1-3,10-12H,4-9,13H2,(H,23,25). The number of anilines is 1. The molecule has 1 saturated heterocycles. The van der Waals surface area contributed by atoms with E-state index in [4.69, 9.17) is 30.5 Å². The summed E-state index contributed by atoms with van der Waals surface area (Å²) in [5, 5.41) is 2.73. The Balaban J connectivity index is 1.37. The minimum atomic E-state index is -3.71. The zero-order valence-corrected chi connectivity index (χ0v) is 19.0. The number of amides is 1. The predicted molar refractivity (Wildman–Crippen MR) is 117 cm³/mol. The Morgan fingerprint density at radius 1 is 1.06 bits per heavy atom. The average Bonchev–Trinajstić information content (AvgIpc) is 2.83. The maximum absolute atomic E-state index is 12.8. The third-order valence-corrected chi connectivity index (χ3v) is 7.07. The molecule has 0 aromatic heterocycles. The van der Waals surface area contributed by atoms with Crippen LogP contribution in [0, 0.1) is 0 Å². The zero-order chi connectivity index (χ0) is 23.4. The summed E-state index contributed by atoms with van der Waals surface area (Å²) in [5.41, 5.74) is 0.364. The number of carbonyl (C=O) groups is 2. The number of rotatable bonds is 6. The highest BCUT2D eigenvalue weighted by atomic mass is 35.5. The molecule has 0 aliphatic carbocycles. The Labute approximate surface area is 195 Å². The largest absolute Gasteiger partial charge is 0.486 e. The van der Waals surface area contributed by atoms with E-state index < -0.39 is 28.5 Å². The molecule has 2 aromatic carbocycles. The second-order valence-electron chi connectivity index (χ2n) is 7.15. The van der Waals surface area contributed by atoms with E-state index >= 15 is 0 Å². The van der Waals surface area contributed by atoms with Crippen LogP contribution in [0.1, 0.15) is 10.4 Å². The summed E-state index contributed by atoms with van der Waals surface area (Å²) in [7, 11) is -3.71. The first-order valence-corrected chi connectivity index (χ1v) is 11.9. The van der Waals surface area contributed by atoms with Gasteiger partial charge in [0.2, 0.25) is 10.0 Å². The molecule has 1 fully saturated rings. The van der Waals surface area contributed by atoms with Crippen LogP contribution in [0.15, 0.2) is 41.3 Å². The van der Waals surface area contributed by atoms with E-state index in [1.54, 1.807) is 6.07 Å². The highest BCUT2D eigenvalue weighted by Crippen LogP contribution is 2.38. The molecule has 0 unspecified atom stereocenters. The number of halogens is 1. The first kappa shape index (κ1) is 23.3. The van der Waals surface area contributed by atoms with Crippen molar-refractivity contribution >= 4 is 39.2 Å². The number of sulfonamides is 1. The predicted octanol–water partition coefficient (Wildman–Crippen LogP) is 1.93. The first-order chi connectivity index (χ1) is 15.8. The summed E-state index contributed by atoms with van der Waals surface area (Å²) in [6.07, 6.45) is 0. The lowest BCUT2D eigenvalue weighted by atomic mass is 10.2.